The maximum Gasteiger partial charge on any atom is 0.246 e. The van der Waals surface area contributed by atoms with E-state index in [4.69, 9.17) is 27.1 Å². The van der Waals surface area contributed by atoms with Gasteiger partial charge in [-0.2, -0.15) is 4.98 Å². The van der Waals surface area contributed by atoms with E-state index in [1.54, 1.807) is 24.3 Å². The molecule has 0 bridgehead atoms. The van der Waals surface area contributed by atoms with Crippen molar-refractivity contribution in [3.05, 3.63) is 71.0 Å². The zero-order valence-electron chi connectivity index (χ0n) is 20.4. The molecule has 0 amide bonds. The smallest absolute Gasteiger partial charge is 0.246 e. The molecular weight excluding hydrogens is 495 g/mol. The summed E-state index contributed by atoms with van der Waals surface area (Å²) in [6.07, 6.45) is 5.54. The minimum atomic E-state index is -3.42. The summed E-state index contributed by atoms with van der Waals surface area (Å²) in [5.41, 5.74) is 8.84. The molecule has 3 aromatic rings. The highest BCUT2D eigenvalue weighted by molar-refractivity contribution is 7.66. The van der Waals surface area contributed by atoms with Crippen molar-refractivity contribution in [2.45, 2.75) is 51.0 Å². The molecular formula is C27H30ClN4O3P. The Bertz CT molecular complexity index is 1350. The van der Waals surface area contributed by atoms with Gasteiger partial charge in [-0.25, -0.2) is 9.98 Å². The fraction of sp³-hybridized carbons (Fsp3) is 0.370. The molecule has 1 unspecified atom stereocenters. The fourth-order valence-electron chi connectivity index (χ4n) is 5.24. The number of rotatable bonds is 5. The number of anilines is 1. The van der Waals surface area contributed by atoms with Crippen LogP contribution in [0.15, 0.2) is 59.9 Å². The van der Waals surface area contributed by atoms with Gasteiger partial charge in [-0.3, -0.25) is 4.57 Å². The lowest BCUT2D eigenvalue weighted by Gasteiger charge is -2.32. The number of benzene rings is 2. The van der Waals surface area contributed by atoms with Crippen molar-refractivity contribution >= 4 is 41.5 Å². The summed E-state index contributed by atoms with van der Waals surface area (Å²) in [5.74, 6) is 1.36. The van der Waals surface area contributed by atoms with Crippen molar-refractivity contribution in [3.8, 4) is 5.88 Å². The van der Waals surface area contributed by atoms with Crippen LogP contribution < -0.4 is 15.8 Å². The van der Waals surface area contributed by atoms with Crippen LogP contribution in [0.3, 0.4) is 0 Å². The van der Waals surface area contributed by atoms with Crippen LogP contribution in [0.5, 0.6) is 5.88 Å². The first kappa shape index (κ1) is 24.9. The van der Waals surface area contributed by atoms with Crippen LogP contribution in [0.4, 0.5) is 11.5 Å². The lowest BCUT2D eigenvalue weighted by atomic mass is 9.79. The predicted octanol–water partition coefficient (Wildman–Crippen LogP) is 5.87. The Balaban J connectivity index is 1.26. The molecule has 0 saturated heterocycles. The highest BCUT2D eigenvalue weighted by Crippen LogP contribution is 2.47. The van der Waals surface area contributed by atoms with E-state index < -0.39 is 13.0 Å². The summed E-state index contributed by atoms with van der Waals surface area (Å²) >= 11 is 6.03. The van der Waals surface area contributed by atoms with Crippen LogP contribution in [0, 0.1) is 5.92 Å². The topological polar surface area (TPSA) is 111 Å². The minimum absolute atomic E-state index is 0.234. The standard InChI is InChI=1S/C27H30ClN4O3P/c1-27(2)24(32-23-25(29)30-16-31-26(23)35-27)20-12-10-19(11-13-20)18-8-6-17(7-9-18)15-36(33,34)22-5-3-4-21(28)14-22/h3-5,10-14,16-18H,6-9,15H2,1-2H3,(H,33,34)(H2,29,30,31). The number of aliphatic imine (C=N–C) groups is 1. The average molecular weight is 525 g/mol. The highest BCUT2D eigenvalue weighted by Gasteiger charge is 2.35. The quantitative estimate of drug-likeness (QED) is 0.404. The van der Waals surface area contributed by atoms with Crippen LogP contribution in [0.2, 0.25) is 5.02 Å². The van der Waals surface area contributed by atoms with Crippen LogP contribution >= 0.6 is 19.0 Å². The van der Waals surface area contributed by atoms with Crippen LogP contribution in [-0.2, 0) is 4.57 Å². The van der Waals surface area contributed by atoms with Crippen LogP contribution in [-0.4, -0.2) is 32.3 Å². The molecule has 1 fully saturated rings. The third-order valence-electron chi connectivity index (χ3n) is 7.18. The van der Waals surface area contributed by atoms with E-state index in [1.165, 1.54) is 11.9 Å². The van der Waals surface area contributed by atoms with Crippen molar-refractivity contribution in [3.63, 3.8) is 0 Å². The van der Waals surface area contributed by atoms with E-state index in [0.29, 0.717) is 39.8 Å². The van der Waals surface area contributed by atoms with E-state index in [1.807, 2.05) is 13.8 Å². The number of nitrogen functional groups attached to an aromatic ring is 1. The van der Waals surface area contributed by atoms with Gasteiger partial charge in [0.05, 0.1) is 5.71 Å². The molecule has 1 aromatic heterocycles. The van der Waals surface area contributed by atoms with Crippen molar-refractivity contribution in [2.75, 3.05) is 11.9 Å². The molecule has 5 rings (SSSR count). The third-order valence-corrected chi connectivity index (χ3v) is 9.51. The monoisotopic (exact) mass is 524 g/mol. The second-order valence-electron chi connectivity index (χ2n) is 10.2. The number of hydrogen-bond donors (Lipinski definition) is 2. The van der Waals surface area contributed by atoms with Gasteiger partial charge in [-0.1, -0.05) is 41.9 Å². The number of hydrogen-bond acceptors (Lipinski definition) is 6. The number of nitrogens with two attached hydrogens (primary N) is 1. The SMILES string of the molecule is CC1(C)Oc2ncnc(N)c2N=C1c1ccc(C2CCC(CP(=O)(O)c3cccc(Cl)c3)CC2)cc1. The largest absolute Gasteiger partial charge is 0.463 e. The van der Waals surface area contributed by atoms with Gasteiger partial charge in [-0.15, -0.1) is 0 Å². The summed E-state index contributed by atoms with van der Waals surface area (Å²) in [6, 6.07) is 15.2. The van der Waals surface area contributed by atoms with Crippen molar-refractivity contribution in [2.24, 2.45) is 10.9 Å². The first-order valence-corrected chi connectivity index (χ1v) is 14.4. The molecule has 36 heavy (non-hydrogen) atoms. The van der Waals surface area contributed by atoms with Crippen LogP contribution in [0.25, 0.3) is 0 Å². The summed E-state index contributed by atoms with van der Waals surface area (Å²) in [7, 11) is -3.42. The predicted molar refractivity (Wildman–Crippen MR) is 144 cm³/mol. The van der Waals surface area contributed by atoms with E-state index in [2.05, 4.69) is 34.2 Å². The Labute approximate surface area is 216 Å². The third kappa shape index (κ3) is 5.06. The molecule has 1 saturated carbocycles. The van der Waals surface area contributed by atoms with Gasteiger partial charge in [-0.05, 0) is 75.1 Å². The van der Waals surface area contributed by atoms with Crippen LogP contribution in [0.1, 0.15) is 56.6 Å². The molecule has 3 N–H and O–H groups in total. The van der Waals surface area contributed by atoms with Gasteiger partial charge >= 0.3 is 0 Å². The van der Waals surface area contributed by atoms with E-state index >= 15 is 0 Å². The number of halogens is 1. The zero-order chi connectivity index (χ0) is 25.5. The Morgan fingerprint density at radius 2 is 1.83 bits per heavy atom. The molecule has 1 atom stereocenters. The number of aromatic nitrogens is 2. The maximum atomic E-state index is 13.0. The summed E-state index contributed by atoms with van der Waals surface area (Å²) in [6.45, 7) is 3.93. The molecule has 9 heteroatoms. The molecule has 1 aliphatic heterocycles. The molecule has 2 aliphatic rings. The van der Waals surface area contributed by atoms with Gasteiger partial charge in [0.1, 0.15) is 11.9 Å². The Hall–Kier alpha value is -2.73. The molecule has 188 valence electrons. The summed E-state index contributed by atoms with van der Waals surface area (Å²) in [5, 5.41) is 0.935. The summed E-state index contributed by atoms with van der Waals surface area (Å²) in [4.78, 5) is 23.7. The van der Waals surface area contributed by atoms with E-state index in [9.17, 15) is 9.46 Å². The average Bonchev–Trinajstić information content (AvgIpc) is 2.84. The summed E-state index contributed by atoms with van der Waals surface area (Å²) < 4.78 is 19.1. The molecule has 2 heterocycles. The molecule has 0 radical (unpaired) electrons. The van der Waals surface area contributed by atoms with E-state index in [-0.39, 0.29) is 5.92 Å². The molecule has 7 nitrogen and oxygen atoms in total. The lowest BCUT2D eigenvalue weighted by Crippen LogP contribution is -2.41. The second-order valence-corrected chi connectivity index (χ2v) is 12.9. The highest BCUT2D eigenvalue weighted by atomic mass is 35.5. The van der Waals surface area contributed by atoms with Gasteiger partial charge in [0, 0.05) is 22.1 Å². The van der Waals surface area contributed by atoms with Crippen molar-refractivity contribution in [1.29, 1.82) is 0 Å². The number of nitrogens with zero attached hydrogens (tertiary/aromatic N) is 3. The first-order chi connectivity index (χ1) is 17.1. The number of ether oxygens (including phenoxy) is 1. The molecule has 2 aromatic carbocycles. The number of fused-ring (bicyclic) bond motifs is 1. The lowest BCUT2D eigenvalue weighted by molar-refractivity contribution is 0.171. The maximum absolute atomic E-state index is 13.0. The van der Waals surface area contributed by atoms with Crippen molar-refractivity contribution in [1.82, 2.24) is 9.97 Å². The van der Waals surface area contributed by atoms with Gasteiger partial charge < -0.3 is 15.4 Å². The van der Waals surface area contributed by atoms with Gasteiger partial charge in [0.2, 0.25) is 13.2 Å². The Kier molecular flexibility index (Phi) is 6.67. The molecule has 0 spiro atoms. The van der Waals surface area contributed by atoms with Gasteiger partial charge in [0.15, 0.2) is 11.5 Å². The van der Waals surface area contributed by atoms with Crippen molar-refractivity contribution < 1.29 is 14.2 Å². The van der Waals surface area contributed by atoms with Gasteiger partial charge in [0.25, 0.3) is 0 Å². The minimum Gasteiger partial charge on any atom is -0.463 e. The Morgan fingerprint density at radius 3 is 2.53 bits per heavy atom. The first-order valence-electron chi connectivity index (χ1n) is 12.2. The molecule has 1 aliphatic carbocycles. The zero-order valence-corrected chi connectivity index (χ0v) is 22.0. The van der Waals surface area contributed by atoms with E-state index in [0.717, 1.165) is 37.0 Å². The second kappa shape index (κ2) is 9.62. The normalized spacial score (nSPS) is 22.6. The Morgan fingerprint density at radius 1 is 1.11 bits per heavy atom. The fourth-order valence-corrected chi connectivity index (χ4v) is 7.45.